The van der Waals surface area contributed by atoms with Crippen molar-refractivity contribution in [1.82, 2.24) is 14.9 Å². The molecule has 2 aromatic carbocycles. The van der Waals surface area contributed by atoms with E-state index < -0.39 is 5.82 Å². The minimum Gasteiger partial charge on any atom is -0.281 e. The van der Waals surface area contributed by atoms with Crippen molar-refractivity contribution in [1.29, 1.82) is 0 Å². The predicted octanol–water partition coefficient (Wildman–Crippen LogP) is 7.26. The number of rotatable bonds is 3. The molecule has 2 aliphatic heterocycles. The highest BCUT2D eigenvalue weighted by molar-refractivity contribution is 9.10. The van der Waals surface area contributed by atoms with Gasteiger partial charge in [-0.05, 0) is 65.8 Å². The number of fused-ring (bicyclic) bond motifs is 3. The fourth-order valence-corrected chi connectivity index (χ4v) is 5.95. The summed E-state index contributed by atoms with van der Waals surface area (Å²) in [5.41, 5.74) is 2.16. The van der Waals surface area contributed by atoms with Crippen LogP contribution in [0, 0.1) is 5.82 Å². The highest BCUT2D eigenvalue weighted by Crippen LogP contribution is 2.47. The Hall–Kier alpha value is -1.53. The first-order valence-electron chi connectivity index (χ1n) is 10.3. The lowest BCUT2D eigenvalue weighted by molar-refractivity contribution is 0.0328. The molecule has 0 amide bonds. The van der Waals surface area contributed by atoms with E-state index in [4.69, 9.17) is 23.2 Å². The van der Waals surface area contributed by atoms with E-state index in [0.717, 1.165) is 18.5 Å². The summed E-state index contributed by atoms with van der Waals surface area (Å²) in [4.78, 5) is 11.3. The van der Waals surface area contributed by atoms with Crippen LogP contribution in [0.15, 0.2) is 53.0 Å². The molecule has 2 atom stereocenters. The number of benzene rings is 2. The van der Waals surface area contributed by atoms with Crippen LogP contribution in [0.25, 0.3) is 10.9 Å². The van der Waals surface area contributed by atoms with Crippen molar-refractivity contribution in [2.24, 2.45) is 0 Å². The number of hydrogen-bond donors (Lipinski definition) is 0. The fourth-order valence-electron chi connectivity index (χ4n) is 5.28. The molecule has 3 nitrogen and oxygen atoms in total. The average molecular weight is 521 g/mol. The molecule has 0 saturated carbocycles. The zero-order chi connectivity index (χ0) is 21.9. The minimum absolute atomic E-state index is 0.0583. The third-order valence-electron chi connectivity index (χ3n) is 6.66. The third kappa shape index (κ3) is 3.50. The van der Waals surface area contributed by atoms with Crippen LogP contribution in [0.3, 0.4) is 0 Å². The molecule has 2 unspecified atom stereocenters. The standard InChI is InChI=1S/C24H21BrCl2FN3/c1-24(2,14-6-4-3-5-7-14)31-15-8-9-16(31)11-13(10-15)21-17-12-18(26)19(25)20(28)22(17)30-23(27)29-21/h3-9,12-13,15-16H,10-11H2,1-2H3. The monoisotopic (exact) mass is 519 g/mol. The molecular weight excluding hydrogens is 500 g/mol. The molecule has 1 fully saturated rings. The van der Waals surface area contributed by atoms with Gasteiger partial charge in [0.15, 0.2) is 5.82 Å². The van der Waals surface area contributed by atoms with E-state index in [1.54, 1.807) is 6.07 Å². The van der Waals surface area contributed by atoms with E-state index in [0.29, 0.717) is 10.4 Å². The van der Waals surface area contributed by atoms with Gasteiger partial charge in [0, 0.05) is 28.9 Å². The first kappa shape index (κ1) is 21.3. The van der Waals surface area contributed by atoms with Crippen LogP contribution in [0.1, 0.15) is 43.9 Å². The topological polar surface area (TPSA) is 29.0 Å². The van der Waals surface area contributed by atoms with Crippen molar-refractivity contribution in [3.63, 3.8) is 0 Å². The number of piperidine rings is 1. The van der Waals surface area contributed by atoms with Gasteiger partial charge in [-0.3, -0.25) is 4.90 Å². The largest absolute Gasteiger partial charge is 0.281 e. The van der Waals surface area contributed by atoms with Gasteiger partial charge in [0.1, 0.15) is 5.52 Å². The van der Waals surface area contributed by atoms with Gasteiger partial charge in [0.05, 0.1) is 15.2 Å². The Bertz CT molecular complexity index is 1180. The molecule has 3 aromatic rings. The van der Waals surface area contributed by atoms with E-state index in [2.05, 4.69) is 81.1 Å². The van der Waals surface area contributed by atoms with Gasteiger partial charge >= 0.3 is 0 Å². The van der Waals surface area contributed by atoms with Crippen molar-refractivity contribution in [3.05, 3.63) is 80.4 Å². The van der Waals surface area contributed by atoms with Crippen molar-refractivity contribution >= 4 is 50.0 Å². The van der Waals surface area contributed by atoms with Crippen LogP contribution in [0.5, 0.6) is 0 Å². The maximum atomic E-state index is 14.9. The second kappa shape index (κ2) is 7.80. The summed E-state index contributed by atoms with van der Waals surface area (Å²) < 4.78 is 15.1. The van der Waals surface area contributed by atoms with Crippen LogP contribution in [0.4, 0.5) is 4.39 Å². The zero-order valence-electron chi connectivity index (χ0n) is 17.1. The summed E-state index contributed by atoms with van der Waals surface area (Å²) in [7, 11) is 0. The van der Waals surface area contributed by atoms with Crippen LogP contribution < -0.4 is 0 Å². The first-order chi connectivity index (χ1) is 14.8. The molecule has 3 heterocycles. The van der Waals surface area contributed by atoms with Crippen molar-refractivity contribution in [2.75, 3.05) is 0 Å². The molecule has 31 heavy (non-hydrogen) atoms. The second-order valence-electron chi connectivity index (χ2n) is 8.78. The lowest BCUT2D eigenvalue weighted by atomic mass is 9.81. The van der Waals surface area contributed by atoms with Crippen molar-refractivity contribution in [2.45, 2.75) is 50.2 Å². The maximum Gasteiger partial charge on any atom is 0.223 e. The molecule has 2 aliphatic rings. The zero-order valence-corrected chi connectivity index (χ0v) is 20.2. The Morgan fingerprint density at radius 3 is 2.35 bits per heavy atom. The van der Waals surface area contributed by atoms with Crippen LogP contribution in [-0.4, -0.2) is 27.0 Å². The summed E-state index contributed by atoms with van der Waals surface area (Å²) in [5.74, 6) is -0.371. The van der Waals surface area contributed by atoms with Crippen molar-refractivity contribution < 1.29 is 4.39 Å². The smallest absolute Gasteiger partial charge is 0.223 e. The number of hydrogen-bond acceptors (Lipinski definition) is 3. The SMILES string of the molecule is CC(C)(c1ccccc1)N1C2C=CC1CC(c1nc(Cl)nc3c(F)c(Br)c(Cl)cc13)C2. The van der Waals surface area contributed by atoms with Gasteiger partial charge in [-0.2, -0.15) is 0 Å². The van der Waals surface area contributed by atoms with Gasteiger partial charge in [0.2, 0.25) is 5.28 Å². The number of halogens is 4. The molecule has 0 radical (unpaired) electrons. The second-order valence-corrected chi connectivity index (χ2v) is 10.3. The van der Waals surface area contributed by atoms with Gasteiger partial charge in [-0.25, -0.2) is 14.4 Å². The first-order valence-corrected chi connectivity index (χ1v) is 11.8. The maximum absolute atomic E-state index is 14.9. The van der Waals surface area contributed by atoms with Gasteiger partial charge in [-0.15, -0.1) is 0 Å². The molecule has 0 N–H and O–H groups in total. The van der Waals surface area contributed by atoms with Gasteiger partial charge < -0.3 is 0 Å². The highest BCUT2D eigenvalue weighted by Gasteiger charge is 2.45. The molecular formula is C24H21BrCl2FN3. The average Bonchev–Trinajstić information content (AvgIpc) is 3.04. The van der Waals surface area contributed by atoms with Gasteiger partial charge in [-0.1, -0.05) is 54.1 Å². The summed E-state index contributed by atoms with van der Waals surface area (Å²) in [5, 5.41) is 0.999. The Balaban J connectivity index is 1.53. The fraction of sp³-hybridized carbons (Fsp3) is 0.333. The normalized spacial score (nSPS) is 23.6. The van der Waals surface area contributed by atoms with Gasteiger partial charge in [0.25, 0.3) is 0 Å². The lowest BCUT2D eigenvalue weighted by Crippen LogP contribution is -2.53. The molecule has 0 spiro atoms. The number of nitrogens with zero attached hydrogens (tertiary/aromatic N) is 3. The van der Waals surface area contributed by atoms with E-state index in [1.807, 2.05) is 6.07 Å². The Labute approximate surface area is 199 Å². The molecule has 2 bridgehead atoms. The Morgan fingerprint density at radius 1 is 1.06 bits per heavy atom. The lowest BCUT2D eigenvalue weighted by Gasteiger charge is -2.48. The number of aromatic nitrogens is 2. The van der Waals surface area contributed by atoms with Crippen LogP contribution in [-0.2, 0) is 5.54 Å². The minimum atomic E-state index is -0.503. The third-order valence-corrected chi connectivity index (χ3v) is 8.13. The van der Waals surface area contributed by atoms with Crippen molar-refractivity contribution in [3.8, 4) is 0 Å². The molecule has 7 heteroatoms. The van der Waals surface area contributed by atoms with E-state index in [9.17, 15) is 4.39 Å². The van der Waals surface area contributed by atoms with E-state index >= 15 is 0 Å². The summed E-state index contributed by atoms with van der Waals surface area (Å²) in [6, 6.07) is 12.9. The molecule has 1 aromatic heterocycles. The molecule has 160 valence electrons. The molecule has 0 aliphatic carbocycles. The van der Waals surface area contributed by atoms with Crippen LogP contribution >= 0.6 is 39.1 Å². The van der Waals surface area contributed by atoms with E-state index in [1.165, 1.54) is 5.56 Å². The Kier molecular flexibility index (Phi) is 5.37. The Morgan fingerprint density at radius 2 is 1.71 bits per heavy atom. The highest BCUT2D eigenvalue weighted by atomic mass is 79.9. The predicted molar refractivity (Wildman–Crippen MR) is 127 cm³/mol. The molecule has 5 rings (SSSR count). The summed E-state index contributed by atoms with van der Waals surface area (Å²) in [6.45, 7) is 4.55. The summed E-state index contributed by atoms with van der Waals surface area (Å²) >= 11 is 15.7. The quantitative estimate of drug-likeness (QED) is 0.207. The van der Waals surface area contributed by atoms with E-state index in [-0.39, 0.29) is 38.8 Å². The summed E-state index contributed by atoms with van der Waals surface area (Å²) in [6.07, 6.45) is 6.34. The molecule has 1 saturated heterocycles. The van der Waals surface area contributed by atoms with Crippen LogP contribution in [0.2, 0.25) is 10.3 Å².